The lowest BCUT2D eigenvalue weighted by molar-refractivity contribution is -0.0519. The highest BCUT2D eigenvalue weighted by Gasteiger charge is 2.55. The maximum absolute atomic E-state index is 16.5. The summed E-state index contributed by atoms with van der Waals surface area (Å²) >= 11 is 0. The normalized spacial score (nSPS) is 23.4. The quantitative estimate of drug-likeness (QED) is 0.575. The van der Waals surface area contributed by atoms with Gasteiger partial charge in [0, 0.05) is 16.5 Å². The number of hydrogen-bond donors (Lipinski definition) is 1. The summed E-state index contributed by atoms with van der Waals surface area (Å²) in [5.74, 6) is -2.27. The van der Waals surface area contributed by atoms with Crippen molar-refractivity contribution in [3.63, 3.8) is 0 Å². The topological polar surface area (TPSA) is 37.3 Å². The van der Waals surface area contributed by atoms with Crippen molar-refractivity contribution in [3.8, 4) is 0 Å². The molecule has 0 spiro atoms. The third kappa shape index (κ3) is 3.58. The van der Waals surface area contributed by atoms with Crippen molar-refractivity contribution in [1.29, 1.82) is 0 Å². The Morgan fingerprint density at radius 2 is 1.31 bits per heavy atom. The summed E-state index contributed by atoms with van der Waals surface area (Å²) in [4.78, 5) is 0. The minimum Gasteiger partial charge on any atom is -0.386 e. The van der Waals surface area contributed by atoms with E-state index in [9.17, 15) is 9.67 Å². The van der Waals surface area contributed by atoms with E-state index >= 15 is 4.39 Å². The van der Waals surface area contributed by atoms with Crippen LogP contribution >= 0.6 is 7.14 Å². The molecule has 0 amide bonds. The molecule has 3 aromatic carbocycles. The number of alkyl halides is 1. The van der Waals surface area contributed by atoms with Crippen LogP contribution < -0.4 is 10.6 Å². The van der Waals surface area contributed by atoms with E-state index < -0.39 is 18.7 Å². The molecule has 1 N–H and O–H groups in total. The molecule has 4 rings (SSSR count). The number of halogens is 1. The van der Waals surface area contributed by atoms with Crippen LogP contribution in [0.3, 0.4) is 0 Å². The highest BCUT2D eigenvalue weighted by atomic mass is 31.2. The van der Waals surface area contributed by atoms with Crippen molar-refractivity contribution in [1.82, 2.24) is 0 Å². The second-order valence-corrected chi connectivity index (χ2v) is 10.7. The van der Waals surface area contributed by atoms with Crippen molar-refractivity contribution in [2.75, 3.05) is 0 Å². The van der Waals surface area contributed by atoms with E-state index in [1.54, 1.807) is 48.5 Å². The fraction of sp³-hybridized carbons (Fsp3) is 0.280. The van der Waals surface area contributed by atoms with E-state index in [-0.39, 0.29) is 5.92 Å². The maximum atomic E-state index is 16.5. The first-order valence-corrected chi connectivity index (χ1v) is 12.0. The molecule has 150 valence electrons. The van der Waals surface area contributed by atoms with Gasteiger partial charge in [0.05, 0.1) is 0 Å². The van der Waals surface area contributed by atoms with Crippen molar-refractivity contribution >= 4 is 17.8 Å². The van der Waals surface area contributed by atoms with Crippen LogP contribution in [0.1, 0.15) is 37.2 Å². The molecule has 0 radical (unpaired) electrons. The van der Waals surface area contributed by atoms with Gasteiger partial charge in [-0.1, -0.05) is 104 Å². The number of rotatable bonds is 5. The van der Waals surface area contributed by atoms with Crippen molar-refractivity contribution in [2.45, 2.75) is 43.1 Å². The van der Waals surface area contributed by atoms with E-state index in [0.717, 1.165) is 18.4 Å². The zero-order chi connectivity index (χ0) is 20.3. The second-order valence-electron chi connectivity index (χ2n) is 7.87. The average molecular weight is 408 g/mol. The van der Waals surface area contributed by atoms with Gasteiger partial charge in [0.2, 0.25) is 0 Å². The lowest BCUT2D eigenvalue weighted by Gasteiger charge is -2.44. The number of hydrogen-bond acceptors (Lipinski definition) is 2. The highest BCUT2D eigenvalue weighted by Crippen LogP contribution is 2.59. The Morgan fingerprint density at radius 1 is 0.828 bits per heavy atom. The smallest absolute Gasteiger partial charge is 0.189 e. The largest absolute Gasteiger partial charge is 0.386 e. The minimum absolute atomic E-state index is 0.303. The molecule has 3 aromatic rings. The van der Waals surface area contributed by atoms with Gasteiger partial charge in [-0.15, -0.1) is 0 Å². The lowest BCUT2D eigenvalue weighted by atomic mass is 9.72. The monoisotopic (exact) mass is 408 g/mol. The third-order valence-electron chi connectivity index (χ3n) is 6.14. The summed E-state index contributed by atoms with van der Waals surface area (Å²) < 4.78 is 31.0. The molecule has 0 bridgehead atoms. The van der Waals surface area contributed by atoms with Gasteiger partial charge in [0.1, 0.15) is 5.60 Å². The Balaban J connectivity index is 1.85. The van der Waals surface area contributed by atoms with Crippen molar-refractivity contribution in [2.24, 2.45) is 0 Å². The highest BCUT2D eigenvalue weighted by molar-refractivity contribution is 7.79. The molecule has 0 unspecified atom stereocenters. The Labute approximate surface area is 171 Å². The van der Waals surface area contributed by atoms with Crippen LogP contribution in [0.2, 0.25) is 0 Å². The van der Waals surface area contributed by atoms with Gasteiger partial charge in [-0.3, -0.25) is 0 Å². The molecular formula is C25H26FO2P. The maximum Gasteiger partial charge on any atom is 0.189 e. The zero-order valence-electron chi connectivity index (χ0n) is 16.3. The van der Waals surface area contributed by atoms with Gasteiger partial charge in [0.25, 0.3) is 0 Å². The molecule has 1 fully saturated rings. The van der Waals surface area contributed by atoms with E-state index in [1.165, 1.54) is 0 Å². The predicted molar refractivity (Wildman–Crippen MR) is 117 cm³/mol. The van der Waals surface area contributed by atoms with Crippen molar-refractivity contribution in [3.05, 3.63) is 96.6 Å². The standard InChI is InChI=1S/C25H26FO2P/c26-24(25(27)19-11-10-18-23(25)20-12-4-1-5-13-20)29(28,21-14-6-2-7-15-21)22-16-8-3-9-17-22/h1-9,12-17,23-24,27H,10-11,18-19H2/t23-,24-,25+/m1/s1. The first-order valence-electron chi connectivity index (χ1n) is 10.2. The van der Waals surface area contributed by atoms with E-state index in [1.807, 2.05) is 42.5 Å². The molecule has 29 heavy (non-hydrogen) atoms. The fourth-order valence-corrected chi connectivity index (χ4v) is 7.62. The van der Waals surface area contributed by atoms with Gasteiger partial charge in [-0.05, 0) is 18.4 Å². The van der Waals surface area contributed by atoms with Crippen LogP contribution in [-0.2, 0) is 4.57 Å². The Hall–Kier alpha value is -2.22. The summed E-state index contributed by atoms with van der Waals surface area (Å²) in [5.41, 5.74) is -0.772. The van der Waals surface area contributed by atoms with Gasteiger partial charge < -0.3 is 9.67 Å². The molecule has 0 saturated heterocycles. The van der Waals surface area contributed by atoms with Gasteiger partial charge in [-0.2, -0.15) is 0 Å². The number of benzene rings is 3. The van der Waals surface area contributed by atoms with Gasteiger partial charge in [-0.25, -0.2) is 4.39 Å². The molecule has 1 aliphatic rings. The van der Waals surface area contributed by atoms with Crippen LogP contribution in [0.25, 0.3) is 0 Å². The van der Waals surface area contributed by atoms with Crippen LogP contribution in [0.4, 0.5) is 4.39 Å². The summed E-state index contributed by atoms with van der Waals surface area (Å²) in [7, 11) is -3.72. The molecule has 4 heteroatoms. The van der Waals surface area contributed by atoms with Crippen LogP contribution in [-0.4, -0.2) is 16.6 Å². The van der Waals surface area contributed by atoms with Gasteiger partial charge in [0.15, 0.2) is 13.1 Å². The molecule has 0 heterocycles. The fourth-order valence-electron chi connectivity index (χ4n) is 4.63. The Bertz CT molecular complexity index is 934. The molecule has 1 aliphatic carbocycles. The molecule has 0 aliphatic heterocycles. The van der Waals surface area contributed by atoms with Crippen LogP contribution in [0.5, 0.6) is 0 Å². The average Bonchev–Trinajstić information content (AvgIpc) is 2.80. The SMILES string of the molecule is O=P(c1ccccc1)(c1ccccc1)[C@@H](F)[C@]1(O)CCCC[C@@H]1c1ccccc1. The van der Waals surface area contributed by atoms with Crippen LogP contribution in [0.15, 0.2) is 91.0 Å². The van der Waals surface area contributed by atoms with E-state index in [2.05, 4.69) is 0 Å². The van der Waals surface area contributed by atoms with E-state index in [0.29, 0.717) is 23.5 Å². The Kier molecular flexibility index (Phi) is 5.72. The number of aliphatic hydroxyl groups is 1. The minimum atomic E-state index is -3.72. The summed E-state index contributed by atoms with van der Waals surface area (Å²) in [6.45, 7) is 0. The Morgan fingerprint density at radius 3 is 1.83 bits per heavy atom. The molecule has 1 saturated carbocycles. The van der Waals surface area contributed by atoms with E-state index in [4.69, 9.17) is 0 Å². The lowest BCUT2D eigenvalue weighted by Crippen LogP contribution is -2.49. The zero-order valence-corrected chi connectivity index (χ0v) is 17.2. The first kappa shape index (κ1) is 20.1. The van der Waals surface area contributed by atoms with Crippen molar-refractivity contribution < 1.29 is 14.1 Å². The summed E-state index contributed by atoms with van der Waals surface area (Å²) in [6.07, 6.45) is 2.64. The third-order valence-corrected chi connectivity index (χ3v) is 9.35. The predicted octanol–water partition coefficient (Wildman–Crippen LogP) is 5.39. The first-order chi connectivity index (χ1) is 14.1. The summed E-state index contributed by atoms with van der Waals surface area (Å²) in [5, 5.41) is 12.7. The summed E-state index contributed by atoms with van der Waals surface area (Å²) in [6, 6.07) is 27.2. The molecule has 2 nitrogen and oxygen atoms in total. The molecular weight excluding hydrogens is 382 g/mol. The molecule has 3 atom stereocenters. The van der Waals surface area contributed by atoms with Gasteiger partial charge >= 0.3 is 0 Å². The van der Waals surface area contributed by atoms with Crippen LogP contribution in [0, 0.1) is 0 Å². The second kappa shape index (κ2) is 8.26. The molecule has 0 aromatic heterocycles.